The molecule has 1 aromatic heterocycles. The Balaban J connectivity index is 2.30. The molecular formula is C16H15F2N3. The summed E-state index contributed by atoms with van der Waals surface area (Å²) < 4.78 is 29.0. The van der Waals surface area contributed by atoms with Crippen LogP contribution in [0.1, 0.15) is 19.2 Å². The molecule has 3 aromatic rings. The van der Waals surface area contributed by atoms with Gasteiger partial charge in [0.05, 0.1) is 16.7 Å². The molecule has 3 rings (SSSR count). The number of nitrogen functional groups attached to an aromatic ring is 1. The number of aromatic nitrogens is 2. The summed E-state index contributed by atoms with van der Waals surface area (Å²) in [6.45, 7) is 2.03. The Morgan fingerprint density at radius 1 is 1.14 bits per heavy atom. The molecule has 108 valence electrons. The lowest BCUT2D eigenvalue weighted by Crippen LogP contribution is -2.04. The van der Waals surface area contributed by atoms with E-state index >= 15 is 0 Å². The van der Waals surface area contributed by atoms with E-state index in [9.17, 15) is 8.78 Å². The molecule has 0 radical (unpaired) electrons. The van der Waals surface area contributed by atoms with Crippen molar-refractivity contribution in [3.63, 3.8) is 0 Å². The van der Waals surface area contributed by atoms with Crippen molar-refractivity contribution in [3.8, 4) is 5.69 Å². The van der Waals surface area contributed by atoms with Crippen LogP contribution in [-0.4, -0.2) is 9.55 Å². The fourth-order valence-corrected chi connectivity index (χ4v) is 2.47. The molecule has 0 saturated carbocycles. The second-order valence-electron chi connectivity index (χ2n) is 4.96. The summed E-state index contributed by atoms with van der Waals surface area (Å²) in [5.74, 6) is -0.464. The zero-order valence-electron chi connectivity index (χ0n) is 11.6. The third-order valence-electron chi connectivity index (χ3n) is 3.37. The van der Waals surface area contributed by atoms with Gasteiger partial charge >= 0.3 is 0 Å². The van der Waals surface area contributed by atoms with Crippen molar-refractivity contribution in [1.29, 1.82) is 0 Å². The van der Waals surface area contributed by atoms with Crippen LogP contribution in [0.5, 0.6) is 0 Å². The normalized spacial score (nSPS) is 11.2. The number of anilines is 1. The predicted molar refractivity (Wildman–Crippen MR) is 79.4 cm³/mol. The molecule has 0 saturated heterocycles. The van der Waals surface area contributed by atoms with Crippen LogP contribution in [-0.2, 0) is 6.42 Å². The molecular weight excluding hydrogens is 272 g/mol. The summed E-state index contributed by atoms with van der Waals surface area (Å²) in [5, 5.41) is 0. The van der Waals surface area contributed by atoms with Gasteiger partial charge in [-0.3, -0.25) is 4.57 Å². The molecule has 0 unspecified atom stereocenters. The summed E-state index contributed by atoms with van der Waals surface area (Å²) in [4.78, 5) is 4.53. The maximum atomic E-state index is 14.1. The zero-order chi connectivity index (χ0) is 15.0. The zero-order valence-corrected chi connectivity index (χ0v) is 11.6. The highest BCUT2D eigenvalue weighted by Crippen LogP contribution is 2.26. The van der Waals surface area contributed by atoms with Gasteiger partial charge in [-0.2, -0.15) is 0 Å². The van der Waals surface area contributed by atoms with Crippen LogP contribution in [0.25, 0.3) is 16.7 Å². The molecule has 2 N–H and O–H groups in total. The van der Waals surface area contributed by atoms with E-state index in [4.69, 9.17) is 5.73 Å². The van der Waals surface area contributed by atoms with E-state index in [2.05, 4.69) is 4.98 Å². The van der Waals surface area contributed by atoms with E-state index in [0.29, 0.717) is 23.3 Å². The predicted octanol–water partition coefficient (Wildman–Crippen LogP) is 3.84. The highest BCUT2D eigenvalue weighted by atomic mass is 19.1. The number of aryl methyl sites for hydroxylation is 1. The topological polar surface area (TPSA) is 43.8 Å². The van der Waals surface area contributed by atoms with Crippen LogP contribution in [0.15, 0.2) is 36.4 Å². The van der Waals surface area contributed by atoms with Crippen LogP contribution >= 0.6 is 0 Å². The number of benzene rings is 2. The Kier molecular flexibility index (Phi) is 3.33. The maximum Gasteiger partial charge on any atom is 0.150 e. The van der Waals surface area contributed by atoms with Crippen molar-refractivity contribution in [2.24, 2.45) is 0 Å². The number of fused-ring (bicyclic) bond motifs is 1. The molecule has 0 fully saturated rings. The third-order valence-corrected chi connectivity index (χ3v) is 3.37. The van der Waals surface area contributed by atoms with Gasteiger partial charge in [0.25, 0.3) is 0 Å². The molecule has 0 spiro atoms. The van der Waals surface area contributed by atoms with Crippen LogP contribution in [0, 0.1) is 11.6 Å². The molecule has 0 aliphatic heterocycles. The molecule has 0 aliphatic carbocycles. The summed E-state index contributed by atoms with van der Waals surface area (Å²) in [6, 6.07) is 8.87. The van der Waals surface area contributed by atoms with Gasteiger partial charge in [-0.15, -0.1) is 0 Å². The second-order valence-corrected chi connectivity index (χ2v) is 4.96. The summed E-state index contributed by atoms with van der Waals surface area (Å²) in [5.41, 5.74) is 8.15. The largest absolute Gasteiger partial charge is 0.399 e. The van der Waals surface area contributed by atoms with E-state index in [1.54, 1.807) is 22.8 Å². The van der Waals surface area contributed by atoms with Crippen LogP contribution in [0.3, 0.4) is 0 Å². The van der Waals surface area contributed by atoms with Crippen molar-refractivity contribution in [2.75, 3.05) is 5.73 Å². The lowest BCUT2D eigenvalue weighted by atomic mass is 10.2. The van der Waals surface area contributed by atoms with E-state index in [1.165, 1.54) is 12.1 Å². The fourth-order valence-electron chi connectivity index (χ4n) is 2.47. The molecule has 0 atom stereocenters. The van der Waals surface area contributed by atoms with Crippen molar-refractivity contribution < 1.29 is 8.78 Å². The Morgan fingerprint density at radius 3 is 2.67 bits per heavy atom. The lowest BCUT2D eigenvalue weighted by Gasteiger charge is -2.10. The monoisotopic (exact) mass is 287 g/mol. The van der Waals surface area contributed by atoms with Gasteiger partial charge in [0, 0.05) is 18.2 Å². The lowest BCUT2D eigenvalue weighted by molar-refractivity contribution is 0.577. The Labute approximate surface area is 121 Å². The Morgan fingerprint density at radius 2 is 1.95 bits per heavy atom. The first-order chi connectivity index (χ1) is 10.1. The van der Waals surface area contributed by atoms with Gasteiger partial charge < -0.3 is 5.73 Å². The standard InChI is InChI=1S/C16H15F2N3/c1-2-3-16-20-13-9-11(19)5-7-15(13)21(16)14-6-4-10(17)8-12(14)18/h4-9H,2-3,19H2,1H3. The van der Waals surface area contributed by atoms with E-state index in [1.807, 2.05) is 6.92 Å². The first-order valence-electron chi connectivity index (χ1n) is 6.82. The molecule has 0 amide bonds. The number of halogens is 2. The molecule has 2 aromatic carbocycles. The SMILES string of the molecule is CCCc1nc2cc(N)ccc2n1-c1ccc(F)cc1F. The summed E-state index contributed by atoms with van der Waals surface area (Å²) in [6.07, 6.45) is 1.58. The number of nitrogens with zero attached hydrogens (tertiary/aromatic N) is 2. The van der Waals surface area contributed by atoms with Gasteiger partial charge in [-0.05, 0) is 36.8 Å². The first kappa shape index (κ1) is 13.5. The van der Waals surface area contributed by atoms with Gasteiger partial charge in [-0.25, -0.2) is 13.8 Å². The summed E-state index contributed by atoms with van der Waals surface area (Å²) >= 11 is 0. The minimum Gasteiger partial charge on any atom is -0.399 e. The number of hydrogen-bond acceptors (Lipinski definition) is 2. The van der Waals surface area contributed by atoms with Gasteiger partial charge in [0.15, 0.2) is 0 Å². The molecule has 1 heterocycles. The molecule has 3 nitrogen and oxygen atoms in total. The van der Waals surface area contributed by atoms with E-state index in [0.717, 1.165) is 23.8 Å². The van der Waals surface area contributed by atoms with Crippen molar-refractivity contribution in [2.45, 2.75) is 19.8 Å². The molecule has 21 heavy (non-hydrogen) atoms. The summed E-state index contributed by atoms with van der Waals surface area (Å²) in [7, 11) is 0. The minimum atomic E-state index is -0.608. The van der Waals surface area contributed by atoms with Crippen LogP contribution < -0.4 is 5.73 Å². The Hall–Kier alpha value is -2.43. The highest BCUT2D eigenvalue weighted by Gasteiger charge is 2.15. The van der Waals surface area contributed by atoms with Gasteiger partial charge in [0.1, 0.15) is 17.5 Å². The first-order valence-corrected chi connectivity index (χ1v) is 6.82. The minimum absolute atomic E-state index is 0.298. The quantitative estimate of drug-likeness (QED) is 0.744. The smallest absolute Gasteiger partial charge is 0.150 e. The molecule has 0 aliphatic rings. The number of hydrogen-bond donors (Lipinski definition) is 1. The Bertz CT molecular complexity index is 809. The number of imidazole rings is 1. The van der Waals surface area contributed by atoms with E-state index < -0.39 is 11.6 Å². The highest BCUT2D eigenvalue weighted by molar-refractivity contribution is 5.81. The van der Waals surface area contributed by atoms with Crippen molar-refractivity contribution in [1.82, 2.24) is 9.55 Å². The van der Waals surface area contributed by atoms with Crippen molar-refractivity contribution in [3.05, 3.63) is 53.9 Å². The van der Waals surface area contributed by atoms with Gasteiger partial charge in [-0.1, -0.05) is 6.92 Å². The molecule has 0 bridgehead atoms. The third kappa shape index (κ3) is 2.35. The average Bonchev–Trinajstić information content (AvgIpc) is 2.76. The van der Waals surface area contributed by atoms with Gasteiger partial charge in [0.2, 0.25) is 0 Å². The molecule has 5 heteroatoms. The van der Waals surface area contributed by atoms with Crippen molar-refractivity contribution >= 4 is 16.7 Å². The fraction of sp³-hybridized carbons (Fsp3) is 0.188. The maximum absolute atomic E-state index is 14.1. The second kappa shape index (κ2) is 5.16. The van der Waals surface area contributed by atoms with Crippen LogP contribution in [0.2, 0.25) is 0 Å². The number of nitrogens with two attached hydrogens (primary N) is 1. The van der Waals surface area contributed by atoms with E-state index in [-0.39, 0.29) is 0 Å². The average molecular weight is 287 g/mol. The van der Waals surface area contributed by atoms with Crippen LogP contribution in [0.4, 0.5) is 14.5 Å². The number of rotatable bonds is 3.